The minimum absolute atomic E-state index is 0. The van der Waals surface area contributed by atoms with Crippen LogP contribution in [0.4, 0.5) is 0 Å². The van der Waals surface area contributed by atoms with E-state index in [4.69, 9.17) is 42.7 Å². The quantitative estimate of drug-likeness (QED) is 0.0649. The fourth-order valence-electron chi connectivity index (χ4n) is 1.26. The summed E-state index contributed by atoms with van der Waals surface area (Å²) in [5, 5.41) is 30.5. The van der Waals surface area contributed by atoms with Gasteiger partial charge in [0.2, 0.25) is 0 Å². The van der Waals surface area contributed by atoms with Crippen LogP contribution in [0.2, 0.25) is 0 Å². The zero-order chi connectivity index (χ0) is 20.5. The van der Waals surface area contributed by atoms with Crippen molar-refractivity contribution in [3.63, 3.8) is 0 Å². The van der Waals surface area contributed by atoms with E-state index in [9.17, 15) is 0 Å². The van der Waals surface area contributed by atoms with Crippen LogP contribution in [0.1, 0.15) is 0 Å². The van der Waals surface area contributed by atoms with E-state index in [1.54, 1.807) is 0 Å². The first-order chi connectivity index (χ1) is 12.5. The van der Waals surface area contributed by atoms with E-state index in [2.05, 4.69) is 21.3 Å². The second kappa shape index (κ2) is 32.9. The molecule has 0 atom stereocenters. The second-order valence-corrected chi connectivity index (χ2v) is 4.73. The van der Waals surface area contributed by atoms with Crippen molar-refractivity contribution in [1.82, 2.24) is 21.3 Å². The summed E-state index contributed by atoms with van der Waals surface area (Å²) in [5.74, 6) is -4.37. The van der Waals surface area contributed by atoms with Crippen LogP contribution in [0.25, 0.3) is 0 Å². The normalized spacial score (nSPS) is 9.19. The summed E-state index contributed by atoms with van der Waals surface area (Å²) in [6.45, 7) is 10.3. The molecule has 12 nitrogen and oxygen atoms in total. The summed E-state index contributed by atoms with van der Waals surface area (Å²) in [7, 11) is 0. The number of hydrogen-bond acceptors (Lipinski definition) is 12. The van der Waals surface area contributed by atoms with Gasteiger partial charge in [-0.15, -0.1) is 0 Å². The molecule has 13 heteroatoms. The van der Waals surface area contributed by atoms with Gasteiger partial charge in [-0.3, -0.25) is 0 Å². The van der Waals surface area contributed by atoms with E-state index in [1.165, 1.54) is 0 Å². The molecule has 12 N–H and O–H groups in total. The summed E-state index contributed by atoms with van der Waals surface area (Å²) in [4.78, 5) is 17.9. The van der Waals surface area contributed by atoms with Gasteiger partial charge in [-0.05, 0) is 0 Å². The molecule has 0 heterocycles. The van der Waals surface area contributed by atoms with Gasteiger partial charge in [0.05, 0.1) is 11.9 Å². The minimum atomic E-state index is -2.19. The molecule has 0 aromatic heterocycles. The zero-order valence-electron chi connectivity index (χ0n) is 15.7. The van der Waals surface area contributed by atoms with Crippen LogP contribution in [-0.4, -0.2) is 90.5 Å². The van der Waals surface area contributed by atoms with Gasteiger partial charge in [0.1, 0.15) is 0 Å². The number of nitrogens with one attached hydrogen (secondary N) is 4. The maximum absolute atomic E-state index is 8.93. The smallest absolute Gasteiger partial charge is 0.543 e. The van der Waals surface area contributed by atoms with E-state index in [-0.39, 0.29) is 20.4 Å². The van der Waals surface area contributed by atoms with Crippen LogP contribution >= 0.6 is 0 Å². The molecule has 0 aliphatic heterocycles. The molecule has 0 aromatic rings. The molecule has 0 rings (SSSR count). The van der Waals surface area contributed by atoms with Crippen LogP contribution in [-0.2, 0) is 30.0 Å². The van der Waals surface area contributed by atoms with E-state index in [0.29, 0.717) is 26.2 Å². The molecule has 0 aliphatic carbocycles. The van der Waals surface area contributed by atoms with Crippen LogP contribution in [0, 0.1) is 0 Å². The summed E-state index contributed by atoms with van der Waals surface area (Å²) >= 11 is 0. The van der Waals surface area contributed by atoms with Crippen LogP contribution in [0.3, 0.4) is 0 Å². The maximum atomic E-state index is 8.93. The second-order valence-electron chi connectivity index (χ2n) is 4.73. The van der Waals surface area contributed by atoms with Gasteiger partial charge >= 0.3 is 20.4 Å². The van der Waals surface area contributed by atoms with Gasteiger partial charge < -0.3 is 64.0 Å². The van der Waals surface area contributed by atoms with Gasteiger partial charge in [0, 0.05) is 78.5 Å². The fraction of sp³-hybridized carbons (Fsp3) is 0.857. The molecule has 0 bridgehead atoms. The molecular weight excluding hydrogens is 451 g/mol. The standard InChI is InChI=1S/2C6H18N4.C2H2O4.Pd/c2*7-1-3-9-5-6-10-4-2-8;3-1(4)2(5)6;/h2*9-10H,1-8H2;(H,3,4)(H,5,6);/q;;;+2/p-2. The molecule has 27 heavy (non-hydrogen) atoms. The van der Waals surface area contributed by atoms with Crippen molar-refractivity contribution in [1.29, 1.82) is 0 Å². The first-order valence-electron chi connectivity index (χ1n) is 8.53. The number of carboxylic acid groups (broad SMARTS) is 2. The largest absolute Gasteiger partial charge is 2.00 e. The Balaban J connectivity index is -0.000000149. The van der Waals surface area contributed by atoms with Gasteiger partial charge in [-0.25, -0.2) is 0 Å². The molecule has 0 aliphatic rings. The summed E-state index contributed by atoms with van der Waals surface area (Å²) in [6.07, 6.45) is 0. The summed E-state index contributed by atoms with van der Waals surface area (Å²) < 4.78 is 0. The van der Waals surface area contributed by atoms with Crippen molar-refractivity contribution in [2.45, 2.75) is 0 Å². The Hall–Kier alpha value is -0.718. The van der Waals surface area contributed by atoms with E-state index >= 15 is 0 Å². The number of aliphatic carboxylic acids is 2. The Labute approximate surface area is 175 Å². The Morgan fingerprint density at radius 3 is 0.815 bits per heavy atom. The van der Waals surface area contributed by atoms with Crippen LogP contribution < -0.4 is 54.4 Å². The third kappa shape index (κ3) is 45.9. The number of carbonyl (C=O) groups excluding carboxylic acids is 2. The Bertz CT molecular complexity index is 260. The zero-order valence-corrected chi connectivity index (χ0v) is 17.3. The first-order valence-corrected chi connectivity index (χ1v) is 8.53. The molecular formula is C14H36N8O4Pd. The molecule has 0 amide bonds. The average Bonchev–Trinajstić information content (AvgIpc) is 2.62. The fourth-order valence-corrected chi connectivity index (χ4v) is 1.26. The van der Waals surface area contributed by atoms with Crippen molar-refractivity contribution in [2.75, 3.05) is 78.5 Å². The number of rotatable bonds is 14. The van der Waals surface area contributed by atoms with Gasteiger partial charge in [0.25, 0.3) is 0 Å². The van der Waals surface area contributed by atoms with Crippen LogP contribution in [0.15, 0.2) is 0 Å². The van der Waals surface area contributed by atoms with Crippen molar-refractivity contribution in [3.8, 4) is 0 Å². The molecule has 0 radical (unpaired) electrons. The Morgan fingerprint density at radius 2 is 0.704 bits per heavy atom. The number of carbonyl (C=O) groups is 2. The van der Waals surface area contributed by atoms with E-state index in [1.807, 2.05) is 0 Å². The summed E-state index contributed by atoms with van der Waals surface area (Å²) in [5.41, 5.74) is 21.1. The number of nitrogens with two attached hydrogens (primary N) is 4. The predicted molar refractivity (Wildman–Crippen MR) is 97.7 cm³/mol. The van der Waals surface area contributed by atoms with Crippen molar-refractivity contribution in [3.05, 3.63) is 0 Å². The predicted octanol–water partition coefficient (Wildman–Crippen LogP) is -7.35. The first kappa shape index (κ1) is 33.8. The van der Waals surface area contributed by atoms with Crippen molar-refractivity contribution >= 4 is 11.9 Å². The SMILES string of the molecule is NCCNCCNCCN.NCCNCCNCCN.O=C([O-])C(=O)[O-].[Pd+2]. The molecule has 0 fully saturated rings. The molecule has 0 aromatic carbocycles. The topological polar surface area (TPSA) is 232 Å². The van der Waals surface area contributed by atoms with Gasteiger partial charge in [-0.2, -0.15) is 0 Å². The molecule has 0 saturated heterocycles. The third-order valence-corrected chi connectivity index (χ3v) is 2.41. The summed E-state index contributed by atoms with van der Waals surface area (Å²) in [6, 6.07) is 0. The van der Waals surface area contributed by atoms with Crippen LogP contribution in [0.5, 0.6) is 0 Å². The van der Waals surface area contributed by atoms with Crippen molar-refractivity contribution < 1.29 is 40.2 Å². The van der Waals surface area contributed by atoms with E-state index < -0.39 is 11.9 Å². The Kier molecular flexibility index (Phi) is 41.2. The molecule has 166 valence electrons. The van der Waals surface area contributed by atoms with Gasteiger partial charge in [0.15, 0.2) is 0 Å². The number of carboxylic acids is 2. The third-order valence-electron chi connectivity index (χ3n) is 2.41. The number of hydrogen-bond donors (Lipinski definition) is 8. The van der Waals surface area contributed by atoms with Gasteiger partial charge in [-0.1, -0.05) is 0 Å². The molecule has 0 saturated carbocycles. The van der Waals surface area contributed by atoms with Crippen molar-refractivity contribution in [2.24, 2.45) is 22.9 Å². The van der Waals surface area contributed by atoms with E-state index in [0.717, 1.165) is 52.4 Å². The molecule has 0 unspecified atom stereocenters. The maximum Gasteiger partial charge on any atom is 2.00 e. The average molecular weight is 487 g/mol. The monoisotopic (exact) mass is 486 g/mol. The molecule has 0 spiro atoms. The Morgan fingerprint density at radius 1 is 0.519 bits per heavy atom. The minimum Gasteiger partial charge on any atom is -0.543 e.